The summed E-state index contributed by atoms with van der Waals surface area (Å²) in [5.41, 5.74) is -0.866. The van der Waals surface area contributed by atoms with E-state index in [-0.39, 0.29) is 0 Å². The lowest BCUT2D eigenvalue weighted by Crippen LogP contribution is -2.33. The topological polar surface area (TPSA) is 49.7 Å². The van der Waals surface area contributed by atoms with Crippen LogP contribution in [0.5, 0.6) is 0 Å². The van der Waals surface area contributed by atoms with Gasteiger partial charge in [-0.25, -0.2) is 4.79 Å². The number of aliphatic carboxylic acids is 1. The van der Waals surface area contributed by atoms with Crippen molar-refractivity contribution < 1.29 is 9.90 Å². The Morgan fingerprint density at radius 3 is 2.70 bits per heavy atom. The first-order valence-electron chi connectivity index (χ1n) is 2.97. The van der Waals surface area contributed by atoms with Gasteiger partial charge in [-0.2, -0.15) is 0 Å². The first kappa shape index (κ1) is 7.60. The maximum atomic E-state index is 10.5. The highest BCUT2D eigenvalue weighted by Crippen LogP contribution is 2.27. The average molecular weight is 159 g/mol. The first-order chi connectivity index (χ1) is 4.54. The molecular formula is C6H9NO2S. The molecule has 1 aliphatic heterocycles. The summed E-state index contributed by atoms with van der Waals surface area (Å²) in [6, 6.07) is 0. The van der Waals surface area contributed by atoms with E-state index in [1.54, 1.807) is 6.92 Å². The van der Waals surface area contributed by atoms with Crippen LogP contribution in [0.2, 0.25) is 0 Å². The van der Waals surface area contributed by atoms with Crippen molar-refractivity contribution in [3.05, 3.63) is 0 Å². The largest absolute Gasteiger partial charge is 0.479 e. The summed E-state index contributed by atoms with van der Waals surface area (Å²) < 4.78 is 0. The van der Waals surface area contributed by atoms with E-state index in [0.29, 0.717) is 5.75 Å². The fourth-order valence-electron chi connectivity index (χ4n) is 0.767. The van der Waals surface area contributed by atoms with Crippen molar-refractivity contribution in [1.82, 2.24) is 0 Å². The molecule has 0 saturated carbocycles. The second-order valence-electron chi connectivity index (χ2n) is 2.50. The molecule has 1 heterocycles. The Kier molecular flexibility index (Phi) is 1.72. The van der Waals surface area contributed by atoms with Gasteiger partial charge in [-0.3, -0.25) is 4.99 Å². The minimum absolute atomic E-state index is 0.564. The fraction of sp³-hybridized carbons (Fsp3) is 0.667. The number of aliphatic imine (C=N–C) groups is 1. The van der Waals surface area contributed by atoms with Crippen molar-refractivity contribution in [2.24, 2.45) is 4.99 Å². The maximum absolute atomic E-state index is 10.5. The van der Waals surface area contributed by atoms with Crippen LogP contribution in [0.4, 0.5) is 0 Å². The van der Waals surface area contributed by atoms with Gasteiger partial charge in [0, 0.05) is 5.75 Å². The van der Waals surface area contributed by atoms with Crippen LogP contribution in [0.1, 0.15) is 13.8 Å². The highest BCUT2D eigenvalue weighted by atomic mass is 32.2. The van der Waals surface area contributed by atoms with Crippen LogP contribution in [0.25, 0.3) is 0 Å². The maximum Gasteiger partial charge on any atom is 0.332 e. The molecule has 3 nitrogen and oxygen atoms in total. The van der Waals surface area contributed by atoms with Crippen LogP contribution in [0.15, 0.2) is 4.99 Å². The molecule has 4 heteroatoms. The van der Waals surface area contributed by atoms with Crippen LogP contribution in [-0.2, 0) is 4.79 Å². The minimum Gasteiger partial charge on any atom is -0.479 e. The standard InChI is InChI=1S/C6H9NO2S/c1-4-7-6(2,3-10-4)5(8)9/h3H2,1-2H3,(H,8,9)/t6-/m0/s1. The van der Waals surface area contributed by atoms with Crippen LogP contribution in [0.3, 0.4) is 0 Å². The van der Waals surface area contributed by atoms with Gasteiger partial charge in [-0.05, 0) is 13.8 Å². The molecule has 0 fully saturated rings. The Morgan fingerprint density at radius 2 is 2.50 bits per heavy atom. The molecule has 0 aromatic heterocycles. The quantitative estimate of drug-likeness (QED) is 0.620. The summed E-state index contributed by atoms with van der Waals surface area (Å²) in [6.45, 7) is 3.47. The second kappa shape index (κ2) is 2.27. The van der Waals surface area contributed by atoms with Gasteiger partial charge in [0.25, 0.3) is 0 Å². The molecule has 56 valence electrons. The molecule has 1 rings (SSSR count). The summed E-state index contributed by atoms with van der Waals surface area (Å²) in [4.78, 5) is 14.5. The summed E-state index contributed by atoms with van der Waals surface area (Å²) in [5, 5.41) is 9.54. The Labute approximate surface area is 63.5 Å². The molecule has 0 spiro atoms. The van der Waals surface area contributed by atoms with Crippen LogP contribution < -0.4 is 0 Å². The Hall–Kier alpha value is -0.510. The third-order valence-corrected chi connectivity index (χ3v) is 2.64. The third-order valence-electron chi connectivity index (χ3n) is 1.43. The molecule has 1 aliphatic rings. The van der Waals surface area contributed by atoms with E-state index >= 15 is 0 Å². The van der Waals surface area contributed by atoms with E-state index in [0.717, 1.165) is 5.04 Å². The Bertz CT molecular complexity index is 202. The molecule has 0 radical (unpaired) electrons. The zero-order chi connectivity index (χ0) is 7.78. The number of hydrogen-bond acceptors (Lipinski definition) is 3. The van der Waals surface area contributed by atoms with Crippen molar-refractivity contribution in [1.29, 1.82) is 0 Å². The van der Waals surface area contributed by atoms with E-state index < -0.39 is 11.5 Å². The van der Waals surface area contributed by atoms with Gasteiger partial charge < -0.3 is 5.11 Å². The number of hydrogen-bond donors (Lipinski definition) is 1. The SMILES string of the molecule is CC1=N[C@](C)(C(=O)O)CS1. The van der Waals surface area contributed by atoms with E-state index in [1.165, 1.54) is 11.8 Å². The predicted molar refractivity (Wildman–Crippen MR) is 41.6 cm³/mol. The van der Waals surface area contributed by atoms with Crippen molar-refractivity contribution >= 4 is 22.8 Å². The Balaban J connectivity index is 2.82. The first-order valence-corrected chi connectivity index (χ1v) is 3.96. The van der Waals surface area contributed by atoms with Gasteiger partial charge in [0.15, 0.2) is 5.54 Å². The molecule has 1 N–H and O–H groups in total. The molecule has 0 bridgehead atoms. The highest BCUT2D eigenvalue weighted by Gasteiger charge is 2.36. The molecule has 0 unspecified atom stereocenters. The summed E-state index contributed by atoms with van der Waals surface area (Å²) in [5.74, 6) is -0.273. The van der Waals surface area contributed by atoms with E-state index in [2.05, 4.69) is 4.99 Å². The van der Waals surface area contributed by atoms with Crippen molar-refractivity contribution in [2.75, 3.05) is 5.75 Å². The predicted octanol–water partition coefficient (Wildman–Crippen LogP) is 0.995. The lowest BCUT2D eigenvalue weighted by Gasteiger charge is -2.11. The smallest absolute Gasteiger partial charge is 0.332 e. The second-order valence-corrected chi connectivity index (χ2v) is 3.67. The normalized spacial score (nSPS) is 32.0. The van der Waals surface area contributed by atoms with E-state index in [9.17, 15) is 4.79 Å². The highest BCUT2D eigenvalue weighted by molar-refractivity contribution is 8.14. The Morgan fingerprint density at radius 1 is 1.90 bits per heavy atom. The van der Waals surface area contributed by atoms with Crippen molar-refractivity contribution in [3.63, 3.8) is 0 Å². The van der Waals surface area contributed by atoms with Gasteiger partial charge in [0.1, 0.15) is 0 Å². The van der Waals surface area contributed by atoms with Gasteiger partial charge in [0.2, 0.25) is 0 Å². The van der Waals surface area contributed by atoms with Crippen molar-refractivity contribution in [2.45, 2.75) is 19.4 Å². The monoisotopic (exact) mass is 159 g/mol. The molecular weight excluding hydrogens is 150 g/mol. The number of carboxylic acid groups (broad SMARTS) is 1. The molecule has 1 atom stereocenters. The van der Waals surface area contributed by atoms with E-state index in [4.69, 9.17) is 5.11 Å². The molecule has 10 heavy (non-hydrogen) atoms. The zero-order valence-electron chi connectivity index (χ0n) is 5.92. The molecule has 0 aromatic carbocycles. The molecule has 0 aliphatic carbocycles. The van der Waals surface area contributed by atoms with Gasteiger partial charge >= 0.3 is 5.97 Å². The van der Waals surface area contributed by atoms with Gasteiger partial charge in [-0.15, -0.1) is 11.8 Å². The zero-order valence-corrected chi connectivity index (χ0v) is 6.73. The summed E-state index contributed by atoms with van der Waals surface area (Å²) in [7, 11) is 0. The number of carbonyl (C=O) groups is 1. The minimum atomic E-state index is -0.866. The fourth-order valence-corrected chi connectivity index (χ4v) is 1.71. The van der Waals surface area contributed by atoms with Crippen LogP contribution in [0, 0.1) is 0 Å². The number of nitrogens with zero attached hydrogens (tertiary/aromatic N) is 1. The molecule has 0 amide bonds. The summed E-state index contributed by atoms with van der Waals surface area (Å²) >= 11 is 1.50. The lowest BCUT2D eigenvalue weighted by atomic mass is 10.1. The van der Waals surface area contributed by atoms with Crippen LogP contribution in [-0.4, -0.2) is 27.4 Å². The summed E-state index contributed by atoms with van der Waals surface area (Å²) in [6.07, 6.45) is 0. The third kappa shape index (κ3) is 1.16. The van der Waals surface area contributed by atoms with Crippen molar-refractivity contribution in [3.8, 4) is 0 Å². The van der Waals surface area contributed by atoms with Gasteiger partial charge in [0.05, 0.1) is 5.04 Å². The van der Waals surface area contributed by atoms with Gasteiger partial charge in [-0.1, -0.05) is 0 Å². The molecule has 0 aromatic rings. The number of rotatable bonds is 1. The van der Waals surface area contributed by atoms with E-state index in [1.807, 2.05) is 6.92 Å². The van der Waals surface area contributed by atoms with Crippen LogP contribution >= 0.6 is 11.8 Å². The average Bonchev–Trinajstić information content (AvgIpc) is 2.13. The number of thioether (sulfide) groups is 1. The lowest BCUT2D eigenvalue weighted by molar-refractivity contribution is -0.141. The number of carboxylic acids is 1. The molecule has 0 saturated heterocycles.